The fraction of sp³-hybridized carbons (Fsp3) is 0.450. The van der Waals surface area contributed by atoms with E-state index in [4.69, 9.17) is 5.73 Å². The summed E-state index contributed by atoms with van der Waals surface area (Å²) in [7, 11) is 0. The smallest absolute Gasteiger partial charge is 0.330 e. The molecule has 28 heavy (non-hydrogen) atoms. The fourth-order valence-electron chi connectivity index (χ4n) is 2.86. The Kier molecular flexibility index (Phi) is 7.14. The highest BCUT2D eigenvalue weighted by Crippen LogP contribution is 2.21. The Morgan fingerprint density at radius 3 is 2.64 bits per heavy atom. The lowest BCUT2D eigenvalue weighted by Gasteiger charge is -2.25. The molecule has 1 aromatic heterocycles. The quantitative estimate of drug-likeness (QED) is 0.724. The van der Waals surface area contributed by atoms with E-state index in [0.717, 1.165) is 12.5 Å². The number of amides is 1. The number of aromatic amines is 1. The molecule has 1 amide bonds. The molecular formula is C20H27FN4O3. The molecule has 0 saturated carbocycles. The number of carbonyl (C=O) groups is 1. The molecule has 0 bridgehead atoms. The highest BCUT2D eigenvalue weighted by atomic mass is 19.1. The highest BCUT2D eigenvalue weighted by molar-refractivity contribution is 6.07. The molecule has 2 aromatic rings. The first-order valence-electron chi connectivity index (χ1n) is 9.46. The van der Waals surface area contributed by atoms with E-state index in [9.17, 15) is 18.8 Å². The van der Waals surface area contributed by atoms with E-state index >= 15 is 0 Å². The minimum absolute atomic E-state index is 0.0595. The van der Waals surface area contributed by atoms with Crippen LogP contribution in [-0.4, -0.2) is 22.0 Å². The van der Waals surface area contributed by atoms with Crippen LogP contribution in [0.4, 0.5) is 15.9 Å². The van der Waals surface area contributed by atoms with Crippen LogP contribution < -0.4 is 21.9 Å². The van der Waals surface area contributed by atoms with Crippen molar-refractivity contribution in [3.05, 3.63) is 56.5 Å². The van der Waals surface area contributed by atoms with Gasteiger partial charge in [-0.15, -0.1) is 0 Å². The zero-order chi connectivity index (χ0) is 20.8. The fourth-order valence-corrected chi connectivity index (χ4v) is 2.86. The van der Waals surface area contributed by atoms with Crippen molar-refractivity contribution in [3.63, 3.8) is 0 Å². The molecule has 1 aromatic carbocycles. The third-order valence-corrected chi connectivity index (χ3v) is 4.47. The van der Waals surface area contributed by atoms with Gasteiger partial charge in [-0.3, -0.25) is 19.1 Å². The van der Waals surface area contributed by atoms with Gasteiger partial charge in [0.15, 0.2) is 5.69 Å². The Labute approximate surface area is 163 Å². The largest absolute Gasteiger partial charge is 0.383 e. The minimum Gasteiger partial charge on any atom is -0.383 e. The monoisotopic (exact) mass is 390 g/mol. The molecule has 0 atom stereocenters. The van der Waals surface area contributed by atoms with Crippen LogP contribution in [-0.2, 0) is 6.54 Å². The molecule has 1 heterocycles. The summed E-state index contributed by atoms with van der Waals surface area (Å²) in [5, 5.41) is 0. The molecule has 0 aliphatic carbocycles. The lowest BCUT2D eigenvalue weighted by molar-refractivity contribution is 0.0985. The number of halogens is 1. The number of unbranched alkanes of at least 4 members (excludes halogenated alkanes) is 1. The average molecular weight is 390 g/mol. The number of anilines is 2. The van der Waals surface area contributed by atoms with E-state index in [2.05, 4.69) is 4.98 Å². The van der Waals surface area contributed by atoms with Gasteiger partial charge in [-0.2, -0.15) is 0 Å². The third-order valence-electron chi connectivity index (χ3n) is 4.47. The van der Waals surface area contributed by atoms with E-state index in [0.29, 0.717) is 19.4 Å². The van der Waals surface area contributed by atoms with Crippen molar-refractivity contribution in [2.45, 2.75) is 46.6 Å². The van der Waals surface area contributed by atoms with Gasteiger partial charge in [0.2, 0.25) is 0 Å². The number of hydrogen-bond donors (Lipinski definition) is 2. The van der Waals surface area contributed by atoms with Crippen LogP contribution in [0.15, 0.2) is 33.9 Å². The summed E-state index contributed by atoms with van der Waals surface area (Å²) in [6.07, 6.45) is 2.13. The number of nitrogens with two attached hydrogens (primary N) is 1. The molecule has 0 fully saturated rings. The van der Waals surface area contributed by atoms with Gasteiger partial charge in [0, 0.05) is 18.7 Å². The molecule has 152 valence electrons. The second-order valence-corrected chi connectivity index (χ2v) is 7.15. The lowest BCUT2D eigenvalue weighted by Crippen LogP contribution is -2.42. The molecule has 0 saturated heterocycles. The van der Waals surface area contributed by atoms with Crippen LogP contribution in [0, 0.1) is 11.7 Å². The first-order chi connectivity index (χ1) is 13.3. The maximum atomic E-state index is 13.6. The van der Waals surface area contributed by atoms with Crippen molar-refractivity contribution in [2.24, 2.45) is 5.92 Å². The van der Waals surface area contributed by atoms with Crippen molar-refractivity contribution < 1.29 is 9.18 Å². The van der Waals surface area contributed by atoms with Gasteiger partial charge in [-0.1, -0.05) is 33.3 Å². The summed E-state index contributed by atoms with van der Waals surface area (Å²) in [6.45, 7) is 6.49. The Morgan fingerprint density at radius 1 is 1.32 bits per heavy atom. The van der Waals surface area contributed by atoms with Crippen molar-refractivity contribution in [3.8, 4) is 0 Å². The summed E-state index contributed by atoms with van der Waals surface area (Å²) in [6, 6.07) is 5.26. The zero-order valence-corrected chi connectivity index (χ0v) is 16.5. The first kappa shape index (κ1) is 21.4. The topological polar surface area (TPSA) is 101 Å². The van der Waals surface area contributed by atoms with Gasteiger partial charge in [0.25, 0.3) is 11.5 Å². The Bertz CT molecular complexity index is 949. The molecular weight excluding hydrogens is 363 g/mol. The SMILES string of the molecule is CCCCn1c(N)c(N(CCC(C)C)C(=O)c2cccc(F)c2)c(=O)[nH]c1=O. The molecule has 0 aliphatic heterocycles. The molecule has 8 heteroatoms. The number of aromatic nitrogens is 2. The molecule has 7 nitrogen and oxygen atoms in total. The number of hydrogen-bond acceptors (Lipinski definition) is 4. The lowest BCUT2D eigenvalue weighted by atomic mass is 10.1. The maximum absolute atomic E-state index is 13.6. The van der Waals surface area contributed by atoms with Crippen molar-refractivity contribution >= 4 is 17.4 Å². The van der Waals surface area contributed by atoms with Crippen molar-refractivity contribution in [2.75, 3.05) is 17.2 Å². The number of nitrogen functional groups attached to an aromatic ring is 1. The summed E-state index contributed by atoms with van der Waals surface area (Å²) in [4.78, 5) is 41.3. The predicted molar refractivity (Wildman–Crippen MR) is 108 cm³/mol. The van der Waals surface area contributed by atoms with Crippen molar-refractivity contribution in [1.29, 1.82) is 0 Å². The van der Waals surface area contributed by atoms with Gasteiger partial charge < -0.3 is 10.6 Å². The summed E-state index contributed by atoms with van der Waals surface area (Å²) in [5.74, 6) is -0.896. The predicted octanol–water partition coefficient (Wildman–Crippen LogP) is 2.75. The summed E-state index contributed by atoms with van der Waals surface area (Å²) < 4.78 is 14.9. The van der Waals surface area contributed by atoms with Crippen LogP contribution in [0.1, 0.15) is 50.4 Å². The first-order valence-corrected chi connectivity index (χ1v) is 9.46. The van der Waals surface area contributed by atoms with Crippen LogP contribution in [0.2, 0.25) is 0 Å². The van der Waals surface area contributed by atoms with Crippen LogP contribution in [0.3, 0.4) is 0 Å². The second-order valence-electron chi connectivity index (χ2n) is 7.15. The third kappa shape index (κ3) is 4.88. The Hall–Kier alpha value is -2.90. The van der Waals surface area contributed by atoms with Crippen LogP contribution in [0.25, 0.3) is 0 Å². The van der Waals surface area contributed by atoms with E-state index < -0.39 is 23.0 Å². The second kappa shape index (κ2) is 9.34. The normalized spacial score (nSPS) is 11.0. The average Bonchev–Trinajstić information content (AvgIpc) is 2.63. The number of carbonyl (C=O) groups excluding carboxylic acids is 1. The number of H-pyrrole nitrogens is 1. The Balaban J connectivity index is 2.58. The number of nitrogens with zero attached hydrogens (tertiary/aromatic N) is 2. The number of benzene rings is 1. The molecule has 0 spiro atoms. The van der Waals surface area contributed by atoms with E-state index in [1.54, 1.807) is 0 Å². The van der Waals surface area contributed by atoms with Gasteiger partial charge in [-0.05, 0) is 37.0 Å². The van der Waals surface area contributed by atoms with Gasteiger partial charge in [0.1, 0.15) is 11.6 Å². The minimum atomic E-state index is -0.733. The summed E-state index contributed by atoms with van der Waals surface area (Å²) >= 11 is 0. The molecule has 0 radical (unpaired) electrons. The van der Waals surface area contributed by atoms with Crippen LogP contribution >= 0.6 is 0 Å². The van der Waals surface area contributed by atoms with E-state index in [1.807, 2.05) is 20.8 Å². The number of rotatable bonds is 8. The van der Waals surface area contributed by atoms with Gasteiger partial charge in [0.05, 0.1) is 0 Å². The highest BCUT2D eigenvalue weighted by Gasteiger charge is 2.25. The van der Waals surface area contributed by atoms with Crippen molar-refractivity contribution in [1.82, 2.24) is 9.55 Å². The van der Waals surface area contributed by atoms with Gasteiger partial charge in [-0.25, -0.2) is 9.18 Å². The molecule has 0 aliphatic rings. The number of nitrogens with one attached hydrogen (secondary N) is 1. The Morgan fingerprint density at radius 2 is 2.04 bits per heavy atom. The molecule has 0 unspecified atom stereocenters. The summed E-state index contributed by atoms with van der Waals surface area (Å²) in [5.41, 5.74) is 4.84. The standard InChI is InChI=1S/C20H27FN4O3/c1-4-5-10-25-17(22)16(18(26)23-20(25)28)24(11-9-13(2)3)19(27)14-7-6-8-15(21)12-14/h6-8,12-13H,4-5,9-11,22H2,1-3H3,(H,23,26,28). The van der Waals surface area contributed by atoms with Crippen LogP contribution in [0.5, 0.6) is 0 Å². The van der Waals surface area contributed by atoms with E-state index in [-0.39, 0.29) is 29.5 Å². The van der Waals surface area contributed by atoms with Gasteiger partial charge >= 0.3 is 5.69 Å². The molecule has 2 rings (SSSR count). The van der Waals surface area contributed by atoms with E-state index in [1.165, 1.54) is 27.7 Å². The zero-order valence-electron chi connectivity index (χ0n) is 16.5. The molecule has 3 N–H and O–H groups in total. The maximum Gasteiger partial charge on any atom is 0.330 e.